The highest BCUT2D eigenvalue weighted by atomic mass is 16.5. The van der Waals surface area contributed by atoms with Crippen molar-refractivity contribution in [3.63, 3.8) is 0 Å². The van der Waals surface area contributed by atoms with Gasteiger partial charge in [-0.1, -0.05) is 18.2 Å². The monoisotopic (exact) mass is 242 g/mol. The van der Waals surface area contributed by atoms with Crippen LogP contribution in [0.5, 0.6) is 5.88 Å². The lowest BCUT2D eigenvalue weighted by Gasteiger charge is -2.19. The molecule has 18 heavy (non-hydrogen) atoms. The highest BCUT2D eigenvalue weighted by molar-refractivity contribution is 5.38. The fourth-order valence-electron chi connectivity index (χ4n) is 3.00. The Morgan fingerprint density at radius 1 is 1.11 bits per heavy atom. The SMILES string of the molecule is COc1ccccc2c(ccn1)C1CNCC2C1. The molecule has 1 saturated heterocycles. The van der Waals surface area contributed by atoms with Gasteiger partial charge < -0.3 is 10.1 Å². The van der Waals surface area contributed by atoms with E-state index in [1.807, 2.05) is 18.3 Å². The molecule has 0 aromatic carbocycles. The van der Waals surface area contributed by atoms with Gasteiger partial charge in [-0.3, -0.25) is 0 Å². The van der Waals surface area contributed by atoms with Crippen molar-refractivity contribution in [3.8, 4) is 5.88 Å². The average molecular weight is 242 g/mol. The molecule has 2 bridgehead atoms. The number of aromatic nitrogens is 1. The number of methoxy groups -OCH3 is 1. The zero-order chi connectivity index (χ0) is 12.4. The highest BCUT2D eigenvalue weighted by Crippen LogP contribution is 2.42. The molecule has 2 unspecified atom stereocenters. The summed E-state index contributed by atoms with van der Waals surface area (Å²) in [5.41, 5.74) is 2.91. The Kier molecular flexibility index (Phi) is 3.15. The van der Waals surface area contributed by atoms with Crippen LogP contribution in [-0.4, -0.2) is 25.2 Å². The van der Waals surface area contributed by atoms with Crippen LogP contribution in [0.4, 0.5) is 0 Å². The van der Waals surface area contributed by atoms with Crippen molar-refractivity contribution in [1.82, 2.24) is 10.3 Å². The summed E-state index contributed by atoms with van der Waals surface area (Å²) in [6, 6.07) is 10.3. The molecule has 0 spiro atoms. The standard InChI is InChI=1S/C15H18N2O/c1-18-15-5-3-2-4-13-11-8-12(10-16-9-11)14(13)6-7-17-15/h2-7,11-12,16H,8-10H2,1H3. The van der Waals surface area contributed by atoms with Crippen molar-refractivity contribution >= 4 is 0 Å². The van der Waals surface area contributed by atoms with Crippen LogP contribution in [0.25, 0.3) is 0 Å². The maximum atomic E-state index is 5.17. The molecule has 1 aromatic rings. The third-order valence-corrected chi connectivity index (χ3v) is 3.85. The molecule has 1 aromatic heterocycles. The van der Waals surface area contributed by atoms with E-state index in [9.17, 15) is 0 Å². The van der Waals surface area contributed by atoms with Gasteiger partial charge in [0, 0.05) is 25.4 Å². The number of hydrogen-bond donors (Lipinski definition) is 1. The van der Waals surface area contributed by atoms with E-state index in [1.54, 1.807) is 7.11 Å². The predicted octanol–water partition coefficient (Wildman–Crippen LogP) is 2.39. The molecule has 3 rings (SSSR count). The van der Waals surface area contributed by atoms with Crippen molar-refractivity contribution in [2.24, 2.45) is 0 Å². The van der Waals surface area contributed by atoms with Gasteiger partial charge in [0.05, 0.1) is 7.11 Å². The van der Waals surface area contributed by atoms with Crippen LogP contribution in [0.2, 0.25) is 0 Å². The molecule has 0 amide bonds. The fourth-order valence-corrected chi connectivity index (χ4v) is 3.00. The van der Waals surface area contributed by atoms with E-state index in [0.717, 1.165) is 13.1 Å². The molecule has 1 N–H and O–H groups in total. The second-order valence-electron chi connectivity index (χ2n) is 4.90. The molecule has 2 aliphatic rings. The number of fused-ring (bicyclic) bond motifs is 5. The number of ether oxygens (including phenoxy) is 1. The Labute approximate surface area is 108 Å². The number of piperidine rings is 1. The zero-order valence-electron chi connectivity index (χ0n) is 10.6. The lowest BCUT2D eigenvalue weighted by Crippen LogP contribution is -2.28. The van der Waals surface area contributed by atoms with Crippen LogP contribution in [0.15, 0.2) is 36.5 Å². The second kappa shape index (κ2) is 4.94. The summed E-state index contributed by atoms with van der Waals surface area (Å²) in [6.45, 7) is 2.19. The van der Waals surface area contributed by atoms with Crippen LogP contribution >= 0.6 is 0 Å². The average Bonchev–Trinajstić information content (AvgIpc) is 2.65. The van der Waals surface area contributed by atoms with E-state index in [-0.39, 0.29) is 0 Å². The van der Waals surface area contributed by atoms with Gasteiger partial charge in [-0.25, -0.2) is 4.98 Å². The summed E-state index contributed by atoms with van der Waals surface area (Å²) >= 11 is 0. The number of nitrogens with one attached hydrogen (secondary N) is 1. The van der Waals surface area contributed by atoms with E-state index in [2.05, 4.69) is 28.5 Å². The van der Waals surface area contributed by atoms with Crippen LogP contribution in [0.3, 0.4) is 0 Å². The summed E-state index contributed by atoms with van der Waals surface area (Å²) in [7, 11) is 1.64. The molecule has 1 aliphatic heterocycles. The molecule has 1 aliphatic carbocycles. The molecular formula is C15H18N2O. The van der Waals surface area contributed by atoms with Crippen LogP contribution in [0, 0.1) is 0 Å². The third kappa shape index (κ3) is 2.06. The van der Waals surface area contributed by atoms with Crippen molar-refractivity contribution in [1.29, 1.82) is 0 Å². The Hall–Kier alpha value is -1.61. The number of nitrogens with zero attached hydrogens (tertiary/aromatic N) is 1. The van der Waals surface area contributed by atoms with E-state index in [1.165, 1.54) is 17.5 Å². The first-order valence-corrected chi connectivity index (χ1v) is 6.46. The minimum absolute atomic E-state index is 0.638. The number of hydrogen-bond acceptors (Lipinski definition) is 3. The van der Waals surface area contributed by atoms with E-state index < -0.39 is 0 Å². The minimum atomic E-state index is 0.638. The maximum Gasteiger partial charge on any atom is 0.212 e. The molecule has 3 nitrogen and oxygen atoms in total. The maximum absolute atomic E-state index is 5.17. The fraction of sp³-hybridized carbons (Fsp3) is 0.400. The molecule has 2 heterocycles. The first-order valence-electron chi connectivity index (χ1n) is 6.46. The number of rotatable bonds is 1. The molecule has 1 fully saturated rings. The van der Waals surface area contributed by atoms with Crippen LogP contribution in [0.1, 0.15) is 29.4 Å². The third-order valence-electron chi connectivity index (χ3n) is 3.85. The van der Waals surface area contributed by atoms with Crippen LogP contribution < -0.4 is 10.1 Å². The van der Waals surface area contributed by atoms with Gasteiger partial charge in [-0.2, -0.15) is 0 Å². The first-order chi connectivity index (χ1) is 8.88. The lowest BCUT2D eigenvalue weighted by atomic mass is 9.97. The van der Waals surface area contributed by atoms with Gasteiger partial charge in [-0.05, 0) is 35.4 Å². The molecule has 2 atom stereocenters. The summed E-state index contributed by atoms with van der Waals surface area (Å²) in [6.07, 6.45) is 3.13. The van der Waals surface area contributed by atoms with Gasteiger partial charge in [-0.15, -0.1) is 0 Å². The van der Waals surface area contributed by atoms with E-state index >= 15 is 0 Å². The van der Waals surface area contributed by atoms with Gasteiger partial charge >= 0.3 is 0 Å². The van der Waals surface area contributed by atoms with Gasteiger partial charge in [0.2, 0.25) is 5.88 Å². The topological polar surface area (TPSA) is 34.1 Å². The van der Waals surface area contributed by atoms with E-state index in [0.29, 0.717) is 17.7 Å². The Morgan fingerprint density at radius 2 is 1.83 bits per heavy atom. The molecule has 0 saturated carbocycles. The molecule has 0 radical (unpaired) electrons. The summed E-state index contributed by atoms with van der Waals surface area (Å²) in [4.78, 5) is 4.32. The van der Waals surface area contributed by atoms with Gasteiger partial charge in [0.15, 0.2) is 0 Å². The summed E-state index contributed by atoms with van der Waals surface area (Å²) < 4.78 is 5.17. The second-order valence-corrected chi connectivity index (χ2v) is 4.90. The van der Waals surface area contributed by atoms with Crippen molar-refractivity contribution in [3.05, 3.63) is 47.7 Å². The Morgan fingerprint density at radius 3 is 2.61 bits per heavy atom. The van der Waals surface area contributed by atoms with Crippen molar-refractivity contribution < 1.29 is 4.74 Å². The summed E-state index contributed by atoms with van der Waals surface area (Å²) in [5, 5.41) is 3.51. The minimum Gasteiger partial charge on any atom is -0.481 e. The molecule has 3 heteroatoms. The highest BCUT2D eigenvalue weighted by Gasteiger charge is 2.32. The van der Waals surface area contributed by atoms with Crippen molar-refractivity contribution in [2.75, 3.05) is 20.2 Å². The van der Waals surface area contributed by atoms with Crippen LogP contribution in [-0.2, 0) is 0 Å². The van der Waals surface area contributed by atoms with E-state index in [4.69, 9.17) is 4.74 Å². The summed E-state index contributed by atoms with van der Waals surface area (Å²) in [5.74, 6) is 1.95. The Balaban J connectivity index is 2.11. The van der Waals surface area contributed by atoms with Gasteiger partial charge in [0.25, 0.3) is 0 Å². The van der Waals surface area contributed by atoms with Crippen molar-refractivity contribution in [2.45, 2.75) is 18.3 Å². The largest absolute Gasteiger partial charge is 0.481 e. The smallest absolute Gasteiger partial charge is 0.212 e. The zero-order valence-corrected chi connectivity index (χ0v) is 10.6. The Bertz CT molecular complexity index is 500. The molecule has 94 valence electrons. The molecular weight excluding hydrogens is 224 g/mol. The lowest BCUT2D eigenvalue weighted by molar-refractivity contribution is 0.398. The first kappa shape index (κ1) is 11.5. The van der Waals surface area contributed by atoms with Gasteiger partial charge in [0.1, 0.15) is 0 Å². The quantitative estimate of drug-likeness (QED) is 0.821. The normalized spacial score (nSPS) is 24.1. The predicted molar refractivity (Wildman–Crippen MR) is 71.4 cm³/mol.